The zero-order chi connectivity index (χ0) is 17.1. The minimum Gasteiger partial charge on any atom is -0.395 e. The van der Waals surface area contributed by atoms with Crippen LogP contribution in [0.3, 0.4) is 0 Å². The Bertz CT molecular complexity index is 687. The third kappa shape index (κ3) is 3.34. The highest BCUT2D eigenvalue weighted by atomic mass is 19.1. The number of hydrogen-bond acceptors (Lipinski definition) is 3. The average molecular weight is 333 g/mol. The van der Waals surface area contributed by atoms with Crippen LogP contribution >= 0.6 is 0 Å². The molecule has 0 aliphatic heterocycles. The molecule has 5 heteroatoms. The fraction of sp³-hybridized carbons (Fsp3) is 0.368. The molecule has 0 radical (unpaired) electrons. The van der Waals surface area contributed by atoms with Gasteiger partial charge in [0.1, 0.15) is 11.6 Å². The Kier molecular flexibility index (Phi) is 5.23. The van der Waals surface area contributed by atoms with Crippen LogP contribution in [-0.2, 0) is 6.42 Å². The second kappa shape index (κ2) is 7.38. The molecule has 1 aliphatic carbocycles. The van der Waals surface area contributed by atoms with E-state index in [0.29, 0.717) is 6.54 Å². The highest BCUT2D eigenvalue weighted by Crippen LogP contribution is 2.36. The molecule has 0 heterocycles. The minimum atomic E-state index is -1.29. The van der Waals surface area contributed by atoms with Crippen LogP contribution in [-0.4, -0.2) is 34.8 Å². The Morgan fingerprint density at radius 3 is 2.50 bits per heavy atom. The number of aliphatic hydroxyl groups excluding tert-OH is 2. The molecule has 0 spiro atoms. The number of benzene rings is 2. The van der Waals surface area contributed by atoms with Crippen LogP contribution in [0.1, 0.15) is 35.3 Å². The van der Waals surface area contributed by atoms with Gasteiger partial charge in [0.05, 0.1) is 18.3 Å². The molecule has 1 aliphatic rings. The molecular weight excluding hydrogens is 312 g/mol. The van der Waals surface area contributed by atoms with Crippen molar-refractivity contribution in [2.24, 2.45) is 0 Å². The standard InChI is InChI=1S/C19H21F2NO2/c20-15-6-3-7-16(21)19(15)18(24)12-22(10-11-23)17-9-8-13-4-1-2-5-14(13)17/h1-7,17-18,23-24H,8-12H2. The summed E-state index contributed by atoms with van der Waals surface area (Å²) >= 11 is 0. The quantitative estimate of drug-likeness (QED) is 0.854. The first-order chi connectivity index (χ1) is 11.6. The third-order valence-electron chi connectivity index (χ3n) is 4.67. The maximum Gasteiger partial charge on any atom is 0.131 e. The predicted molar refractivity (Wildman–Crippen MR) is 87.5 cm³/mol. The minimum absolute atomic E-state index is 0.0397. The van der Waals surface area contributed by atoms with Crippen molar-refractivity contribution in [3.8, 4) is 0 Å². The maximum atomic E-state index is 13.9. The molecule has 24 heavy (non-hydrogen) atoms. The zero-order valence-corrected chi connectivity index (χ0v) is 13.3. The molecule has 2 atom stereocenters. The third-order valence-corrected chi connectivity index (χ3v) is 4.67. The van der Waals surface area contributed by atoms with Gasteiger partial charge in [-0.25, -0.2) is 8.78 Å². The number of fused-ring (bicyclic) bond motifs is 1. The van der Waals surface area contributed by atoms with Crippen LogP contribution in [0.25, 0.3) is 0 Å². The fourth-order valence-electron chi connectivity index (χ4n) is 3.56. The molecule has 0 bridgehead atoms. The Hall–Kier alpha value is -1.82. The van der Waals surface area contributed by atoms with Gasteiger partial charge in [-0.1, -0.05) is 30.3 Å². The van der Waals surface area contributed by atoms with Gasteiger partial charge in [-0.2, -0.15) is 0 Å². The van der Waals surface area contributed by atoms with Gasteiger partial charge in [0.15, 0.2) is 0 Å². The highest BCUT2D eigenvalue weighted by Gasteiger charge is 2.30. The SMILES string of the molecule is OCCN(CC(O)c1c(F)cccc1F)C1CCc2ccccc21. The average Bonchev–Trinajstić information content (AvgIpc) is 2.98. The summed E-state index contributed by atoms with van der Waals surface area (Å²) in [5.74, 6) is -1.50. The molecule has 0 amide bonds. The van der Waals surface area contributed by atoms with E-state index in [4.69, 9.17) is 0 Å². The Labute approximate surface area is 140 Å². The lowest BCUT2D eigenvalue weighted by atomic mass is 10.0. The van der Waals surface area contributed by atoms with Crippen LogP contribution < -0.4 is 0 Å². The van der Waals surface area contributed by atoms with E-state index in [1.54, 1.807) is 0 Å². The summed E-state index contributed by atoms with van der Waals surface area (Å²) in [6.45, 7) is 0.328. The second-order valence-corrected chi connectivity index (χ2v) is 6.12. The molecule has 3 rings (SSSR count). The lowest BCUT2D eigenvalue weighted by Crippen LogP contribution is -2.34. The van der Waals surface area contributed by atoms with Gasteiger partial charge in [0, 0.05) is 19.1 Å². The van der Waals surface area contributed by atoms with E-state index in [-0.39, 0.29) is 24.8 Å². The predicted octanol–water partition coefficient (Wildman–Crippen LogP) is 2.98. The van der Waals surface area contributed by atoms with Crippen LogP contribution in [0.2, 0.25) is 0 Å². The van der Waals surface area contributed by atoms with Crippen LogP contribution in [0.15, 0.2) is 42.5 Å². The molecule has 2 aromatic rings. The first-order valence-corrected chi connectivity index (χ1v) is 8.16. The molecule has 0 fully saturated rings. The molecular formula is C19H21F2NO2. The van der Waals surface area contributed by atoms with E-state index in [0.717, 1.165) is 30.5 Å². The fourth-order valence-corrected chi connectivity index (χ4v) is 3.56. The number of aryl methyl sites for hydroxylation is 1. The highest BCUT2D eigenvalue weighted by molar-refractivity contribution is 5.34. The largest absolute Gasteiger partial charge is 0.395 e. The van der Waals surface area contributed by atoms with Gasteiger partial charge in [-0.3, -0.25) is 4.90 Å². The van der Waals surface area contributed by atoms with Gasteiger partial charge in [0.25, 0.3) is 0 Å². The molecule has 2 N–H and O–H groups in total. The van der Waals surface area contributed by atoms with Crippen molar-refractivity contribution in [3.05, 3.63) is 70.8 Å². The van der Waals surface area contributed by atoms with Gasteiger partial charge in [-0.05, 0) is 36.1 Å². The summed E-state index contributed by atoms with van der Waals surface area (Å²) in [5, 5.41) is 19.8. The van der Waals surface area contributed by atoms with Crippen LogP contribution in [0.4, 0.5) is 8.78 Å². The van der Waals surface area contributed by atoms with Crippen LogP contribution in [0.5, 0.6) is 0 Å². The second-order valence-electron chi connectivity index (χ2n) is 6.12. The molecule has 128 valence electrons. The summed E-state index contributed by atoms with van der Waals surface area (Å²) in [7, 11) is 0. The van der Waals surface area contributed by atoms with E-state index in [2.05, 4.69) is 6.07 Å². The molecule has 0 saturated heterocycles. The van der Waals surface area contributed by atoms with Crippen molar-refractivity contribution in [2.75, 3.05) is 19.7 Å². The molecule has 3 nitrogen and oxygen atoms in total. The summed E-state index contributed by atoms with van der Waals surface area (Å²) in [6, 6.07) is 11.7. The first-order valence-electron chi connectivity index (χ1n) is 8.16. The van der Waals surface area contributed by atoms with Crippen LogP contribution in [0, 0.1) is 11.6 Å². The van der Waals surface area contributed by atoms with E-state index in [9.17, 15) is 19.0 Å². The van der Waals surface area contributed by atoms with Crippen molar-refractivity contribution in [2.45, 2.75) is 25.0 Å². The maximum absolute atomic E-state index is 13.9. The van der Waals surface area contributed by atoms with Crippen molar-refractivity contribution in [3.63, 3.8) is 0 Å². The van der Waals surface area contributed by atoms with Gasteiger partial charge < -0.3 is 10.2 Å². The summed E-state index contributed by atoms with van der Waals surface area (Å²) in [6.07, 6.45) is 0.504. The summed E-state index contributed by atoms with van der Waals surface area (Å²) in [4.78, 5) is 1.91. The normalized spacial score (nSPS) is 18.0. The number of hydrogen-bond donors (Lipinski definition) is 2. The molecule has 2 unspecified atom stereocenters. The number of aliphatic hydroxyl groups is 2. The smallest absolute Gasteiger partial charge is 0.131 e. The van der Waals surface area contributed by atoms with Crippen molar-refractivity contribution < 1.29 is 19.0 Å². The van der Waals surface area contributed by atoms with E-state index >= 15 is 0 Å². The number of rotatable bonds is 6. The number of halogens is 2. The van der Waals surface area contributed by atoms with Gasteiger partial charge >= 0.3 is 0 Å². The van der Waals surface area contributed by atoms with Gasteiger partial charge in [0.2, 0.25) is 0 Å². The monoisotopic (exact) mass is 333 g/mol. The lowest BCUT2D eigenvalue weighted by molar-refractivity contribution is 0.0686. The van der Waals surface area contributed by atoms with Crippen molar-refractivity contribution >= 4 is 0 Å². The van der Waals surface area contributed by atoms with E-state index < -0.39 is 17.7 Å². The Morgan fingerprint density at radius 2 is 1.79 bits per heavy atom. The Morgan fingerprint density at radius 1 is 1.08 bits per heavy atom. The topological polar surface area (TPSA) is 43.7 Å². The summed E-state index contributed by atoms with van der Waals surface area (Å²) in [5.41, 5.74) is 2.09. The molecule has 0 saturated carbocycles. The molecule has 2 aromatic carbocycles. The number of nitrogens with zero attached hydrogens (tertiary/aromatic N) is 1. The van der Waals surface area contributed by atoms with Crippen molar-refractivity contribution in [1.82, 2.24) is 4.90 Å². The van der Waals surface area contributed by atoms with Gasteiger partial charge in [-0.15, -0.1) is 0 Å². The molecule has 0 aromatic heterocycles. The van der Waals surface area contributed by atoms with E-state index in [1.807, 2.05) is 23.1 Å². The van der Waals surface area contributed by atoms with Crippen molar-refractivity contribution in [1.29, 1.82) is 0 Å². The summed E-state index contributed by atoms with van der Waals surface area (Å²) < 4.78 is 27.8. The van der Waals surface area contributed by atoms with E-state index in [1.165, 1.54) is 11.6 Å². The Balaban J connectivity index is 1.82. The lowest BCUT2D eigenvalue weighted by Gasteiger charge is -2.31. The zero-order valence-electron chi connectivity index (χ0n) is 13.3. The first kappa shape index (κ1) is 17.0.